The molecule has 1 saturated heterocycles. The first-order chi connectivity index (χ1) is 17.5. The molecule has 2 aromatic carbocycles. The predicted molar refractivity (Wildman–Crippen MR) is 122 cm³/mol. The highest BCUT2D eigenvalue weighted by atomic mass is 16.7. The summed E-state index contributed by atoms with van der Waals surface area (Å²) in [6.45, 7) is -0.671. The van der Waals surface area contributed by atoms with E-state index >= 15 is 0 Å². The summed E-state index contributed by atoms with van der Waals surface area (Å²) in [5.74, 6) is -3.08. The van der Waals surface area contributed by atoms with Crippen molar-refractivity contribution in [1.82, 2.24) is 0 Å². The summed E-state index contributed by atoms with van der Waals surface area (Å²) in [6.07, 6.45) is -9.47. The molecule has 0 spiro atoms. The summed E-state index contributed by atoms with van der Waals surface area (Å²) in [4.78, 5) is 35.1. The largest absolute Gasteiger partial charge is 0.508 e. The number of carboxylic acid groups (broad SMARTS) is 1. The number of aliphatic carboxylic acids is 1. The summed E-state index contributed by atoms with van der Waals surface area (Å²) >= 11 is 0. The average molecular weight is 518 g/mol. The van der Waals surface area contributed by atoms with Crippen molar-refractivity contribution in [1.29, 1.82) is 0 Å². The van der Waals surface area contributed by atoms with E-state index < -0.39 is 61.1 Å². The van der Waals surface area contributed by atoms with E-state index in [2.05, 4.69) is 0 Å². The third kappa shape index (κ3) is 5.65. The number of carboxylic acids is 1. The standard InChI is InChI=1S/C24H22O13/c25-11-3-1-10(2-4-11)14-7-13(27)20-15(35-14)5-12(26)6-16(20)36-24-23(33)22(32)21(31)17(37-24)9-34-19(30)8-18(28)29/h1-7,17,21-26,31-33H,8-9H2,(H,28,29)/t17?,21-,22+,23?,24-/m1/s1. The average Bonchev–Trinajstić information content (AvgIpc) is 2.83. The Morgan fingerprint density at radius 1 is 0.919 bits per heavy atom. The Morgan fingerprint density at radius 3 is 2.30 bits per heavy atom. The van der Waals surface area contributed by atoms with Gasteiger partial charge in [-0.15, -0.1) is 0 Å². The van der Waals surface area contributed by atoms with Crippen molar-refractivity contribution in [2.75, 3.05) is 6.61 Å². The van der Waals surface area contributed by atoms with Crippen LogP contribution in [0.25, 0.3) is 22.3 Å². The lowest BCUT2D eigenvalue weighted by molar-refractivity contribution is -0.278. The van der Waals surface area contributed by atoms with E-state index in [9.17, 15) is 39.9 Å². The molecule has 0 radical (unpaired) electrons. The van der Waals surface area contributed by atoms with Crippen molar-refractivity contribution in [3.05, 3.63) is 52.7 Å². The number of phenols is 2. The van der Waals surface area contributed by atoms with Crippen molar-refractivity contribution < 1.29 is 58.9 Å². The van der Waals surface area contributed by atoms with Gasteiger partial charge in [0.05, 0.1) is 0 Å². The van der Waals surface area contributed by atoms with E-state index in [1.54, 1.807) is 0 Å². The van der Waals surface area contributed by atoms with Gasteiger partial charge in [-0.1, -0.05) is 0 Å². The van der Waals surface area contributed by atoms with Gasteiger partial charge in [0, 0.05) is 23.8 Å². The van der Waals surface area contributed by atoms with E-state index in [4.69, 9.17) is 23.7 Å². The van der Waals surface area contributed by atoms with E-state index in [0.717, 1.165) is 18.2 Å². The van der Waals surface area contributed by atoms with Crippen LogP contribution >= 0.6 is 0 Å². The number of hydrogen-bond acceptors (Lipinski definition) is 12. The van der Waals surface area contributed by atoms with Gasteiger partial charge in [-0.3, -0.25) is 14.4 Å². The van der Waals surface area contributed by atoms with Crippen molar-refractivity contribution in [3.8, 4) is 28.6 Å². The molecule has 0 amide bonds. The maximum absolute atomic E-state index is 13.0. The molecule has 2 heterocycles. The van der Waals surface area contributed by atoms with E-state index in [1.807, 2.05) is 0 Å². The number of carbonyl (C=O) groups excluding carboxylic acids is 1. The van der Waals surface area contributed by atoms with Gasteiger partial charge in [0.1, 0.15) is 71.4 Å². The summed E-state index contributed by atoms with van der Waals surface area (Å²) in [6, 6.07) is 9.19. The Labute approximate surface area is 207 Å². The second kappa shape index (κ2) is 10.4. The topological polar surface area (TPSA) is 213 Å². The second-order valence-corrected chi connectivity index (χ2v) is 8.22. The zero-order chi connectivity index (χ0) is 26.9. The molecule has 1 aliphatic rings. The minimum atomic E-state index is -1.83. The van der Waals surface area contributed by atoms with Gasteiger partial charge in [-0.05, 0) is 24.3 Å². The van der Waals surface area contributed by atoms with Crippen LogP contribution < -0.4 is 10.2 Å². The molecule has 4 rings (SSSR count). The third-order valence-electron chi connectivity index (χ3n) is 5.55. The Balaban J connectivity index is 1.62. The highest BCUT2D eigenvalue weighted by Gasteiger charge is 2.45. The van der Waals surface area contributed by atoms with Crippen molar-refractivity contribution in [3.63, 3.8) is 0 Å². The Hall–Kier alpha value is -4.17. The van der Waals surface area contributed by atoms with Crippen LogP contribution in [-0.2, 0) is 19.1 Å². The minimum absolute atomic E-state index is 0.00789. The van der Waals surface area contributed by atoms with Gasteiger partial charge < -0.3 is 49.3 Å². The van der Waals surface area contributed by atoms with Crippen LogP contribution in [0.1, 0.15) is 6.42 Å². The van der Waals surface area contributed by atoms with Gasteiger partial charge in [0.2, 0.25) is 6.29 Å². The molecule has 1 fully saturated rings. The van der Waals surface area contributed by atoms with Gasteiger partial charge in [-0.2, -0.15) is 0 Å². The number of benzene rings is 2. The van der Waals surface area contributed by atoms with Crippen LogP contribution in [0.4, 0.5) is 0 Å². The molecule has 2 unspecified atom stereocenters. The molecule has 0 bridgehead atoms. The number of rotatable bonds is 7. The van der Waals surface area contributed by atoms with Crippen molar-refractivity contribution in [2.24, 2.45) is 0 Å². The van der Waals surface area contributed by atoms with Crippen LogP contribution in [0.2, 0.25) is 0 Å². The second-order valence-electron chi connectivity index (χ2n) is 8.22. The number of esters is 1. The first-order valence-electron chi connectivity index (χ1n) is 10.9. The molecular weight excluding hydrogens is 496 g/mol. The van der Waals surface area contributed by atoms with Crippen LogP contribution in [-0.4, -0.2) is 79.9 Å². The minimum Gasteiger partial charge on any atom is -0.508 e. The molecule has 5 atom stereocenters. The van der Waals surface area contributed by atoms with Crippen molar-refractivity contribution in [2.45, 2.75) is 37.1 Å². The zero-order valence-electron chi connectivity index (χ0n) is 18.9. The third-order valence-corrected chi connectivity index (χ3v) is 5.55. The molecule has 37 heavy (non-hydrogen) atoms. The van der Waals surface area contributed by atoms with Crippen LogP contribution in [0, 0.1) is 0 Å². The first-order valence-corrected chi connectivity index (χ1v) is 10.9. The lowest BCUT2D eigenvalue weighted by Gasteiger charge is -2.39. The van der Waals surface area contributed by atoms with Gasteiger partial charge >= 0.3 is 11.9 Å². The lowest BCUT2D eigenvalue weighted by atomic mass is 9.99. The fraction of sp³-hybridized carbons (Fsp3) is 0.292. The summed E-state index contributed by atoms with van der Waals surface area (Å²) in [7, 11) is 0. The Morgan fingerprint density at radius 2 is 1.62 bits per heavy atom. The van der Waals surface area contributed by atoms with Crippen LogP contribution in [0.15, 0.2) is 51.7 Å². The molecule has 13 heteroatoms. The van der Waals surface area contributed by atoms with Crippen LogP contribution in [0.5, 0.6) is 17.2 Å². The van der Waals surface area contributed by atoms with Gasteiger partial charge in [0.15, 0.2) is 5.43 Å². The molecule has 0 saturated carbocycles. The Kier molecular flexibility index (Phi) is 7.31. The molecule has 1 aliphatic heterocycles. The Bertz CT molecular complexity index is 1360. The number of fused-ring (bicyclic) bond motifs is 1. The molecule has 1 aromatic heterocycles. The number of ether oxygens (including phenoxy) is 3. The maximum Gasteiger partial charge on any atom is 0.317 e. The monoisotopic (exact) mass is 518 g/mol. The van der Waals surface area contributed by atoms with E-state index in [0.29, 0.717) is 5.56 Å². The lowest BCUT2D eigenvalue weighted by Crippen LogP contribution is -2.60. The van der Waals surface area contributed by atoms with E-state index in [1.165, 1.54) is 24.3 Å². The SMILES string of the molecule is O=C(O)CC(=O)OCC1O[C@@H](Oc2cc(O)cc3oc(-c4ccc(O)cc4)cc(=O)c23)C(O)[C@@H](O)[C@@H]1O. The summed E-state index contributed by atoms with van der Waals surface area (Å²) in [5, 5.41) is 59.0. The number of aliphatic hydroxyl groups excluding tert-OH is 3. The highest BCUT2D eigenvalue weighted by molar-refractivity contribution is 5.90. The number of phenolic OH excluding ortho intramolecular Hbond substituents is 2. The zero-order valence-corrected chi connectivity index (χ0v) is 18.9. The molecule has 196 valence electrons. The normalized spacial score (nSPS) is 23.5. The van der Waals surface area contributed by atoms with Gasteiger partial charge in [-0.25, -0.2) is 0 Å². The van der Waals surface area contributed by atoms with Crippen molar-refractivity contribution >= 4 is 22.9 Å². The quantitative estimate of drug-likeness (QED) is 0.181. The maximum atomic E-state index is 13.0. The fourth-order valence-corrected chi connectivity index (χ4v) is 3.73. The number of aromatic hydroxyl groups is 2. The highest BCUT2D eigenvalue weighted by Crippen LogP contribution is 2.34. The van der Waals surface area contributed by atoms with E-state index in [-0.39, 0.29) is 34.0 Å². The predicted octanol–water partition coefficient (Wildman–Crippen LogP) is 0.0755. The molecule has 6 N–H and O–H groups in total. The molecule has 13 nitrogen and oxygen atoms in total. The molecule has 3 aromatic rings. The smallest absolute Gasteiger partial charge is 0.317 e. The van der Waals surface area contributed by atoms with Crippen LogP contribution in [0.3, 0.4) is 0 Å². The number of aliphatic hydroxyl groups is 3. The summed E-state index contributed by atoms with van der Waals surface area (Å²) in [5.41, 5.74) is -0.217. The summed E-state index contributed by atoms with van der Waals surface area (Å²) < 4.78 is 21.5. The number of carbonyl (C=O) groups is 2. The van der Waals surface area contributed by atoms with Gasteiger partial charge in [0.25, 0.3) is 0 Å². The number of hydrogen-bond donors (Lipinski definition) is 6. The fourth-order valence-electron chi connectivity index (χ4n) is 3.73. The molecule has 0 aliphatic carbocycles. The molecular formula is C24H22O13. The first kappa shape index (κ1) is 25.9.